The molecule has 3 aromatic carbocycles. The second-order valence-corrected chi connectivity index (χ2v) is 6.49. The Balaban J connectivity index is 1.55. The lowest BCUT2D eigenvalue weighted by molar-refractivity contribution is -0.120. The monoisotopic (exact) mass is 399 g/mol. The minimum Gasteiger partial charge on any atom is -0.343 e. The van der Waals surface area contributed by atoms with Crippen LogP contribution in [0.4, 0.5) is 0 Å². The van der Waals surface area contributed by atoms with Crippen molar-refractivity contribution >= 4 is 52.0 Å². The van der Waals surface area contributed by atoms with Gasteiger partial charge in [0.05, 0.1) is 22.8 Å². The van der Waals surface area contributed by atoms with E-state index < -0.39 is 11.8 Å². The number of hydrogen-bond donors (Lipinski definition) is 2. The van der Waals surface area contributed by atoms with E-state index in [2.05, 4.69) is 15.8 Å². The third-order valence-corrected chi connectivity index (χ3v) is 4.55. The van der Waals surface area contributed by atoms with Crippen LogP contribution in [0.1, 0.15) is 15.9 Å². The van der Waals surface area contributed by atoms with E-state index in [0.29, 0.717) is 10.6 Å². The van der Waals surface area contributed by atoms with Gasteiger partial charge in [0, 0.05) is 11.1 Å². The van der Waals surface area contributed by atoms with Crippen LogP contribution in [0.25, 0.3) is 10.8 Å². The van der Waals surface area contributed by atoms with Crippen molar-refractivity contribution in [3.8, 4) is 0 Å². The molecule has 0 saturated heterocycles. The summed E-state index contributed by atoms with van der Waals surface area (Å²) in [5, 5.41) is 9.20. The van der Waals surface area contributed by atoms with Gasteiger partial charge in [0.25, 0.3) is 11.8 Å². The van der Waals surface area contributed by atoms with Crippen molar-refractivity contribution in [2.75, 3.05) is 6.54 Å². The molecule has 5 nitrogen and oxygen atoms in total. The maximum atomic E-state index is 12.0. The van der Waals surface area contributed by atoms with Crippen molar-refractivity contribution in [2.24, 2.45) is 5.10 Å². The molecule has 27 heavy (non-hydrogen) atoms. The van der Waals surface area contributed by atoms with Gasteiger partial charge in [0.15, 0.2) is 0 Å². The number of halogens is 2. The lowest BCUT2D eigenvalue weighted by Gasteiger charge is -2.05. The highest BCUT2D eigenvalue weighted by Crippen LogP contribution is 2.22. The number of fused-ring (bicyclic) bond motifs is 1. The topological polar surface area (TPSA) is 70.6 Å². The summed E-state index contributed by atoms with van der Waals surface area (Å²) in [5.74, 6) is -0.873. The number of nitrogens with zero attached hydrogens (tertiary/aromatic N) is 1. The zero-order valence-electron chi connectivity index (χ0n) is 14.1. The summed E-state index contributed by atoms with van der Waals surface area (Å²) in [7, 11) is 0. The second-order valence-electron chi connectivity index (χ2n) is 5.67. The van der Waals surface area contributed by atoms with Gasteiger partial charge in [-0.05, 0) is 29.0 Å². The average molecular weight is 400 g/mol. The summed E-state index contributed by atoms with van der Waals surface area (Å²) in [6, 6.07) is 18.2. The fraction of sp³-hybridized carbons (Fsp3) is 0.0500. The molecule has 0 unspecified atom stereocenters. The summed E-state index contributed by atoms with van der Waals surface area (Å²) < 4.78 is 0. The Morgan fingerprint density at radius 2 is 1.74 bits per heavy atom. The zero-order valence-corrected chi connectivity index (χ0v) is 15.6. The van der Waals surface area contributed by atoms with Crippen LogP contribution in [0.3, 0.4) is 0 Å². The van der Waals surface area contributed by atoms with Crippen molar-refractivity contribution in [1.29, 1.82) is 0 Å². The van der Waals surface area contributed by atoms with E-state index >= 15 is 0 Å². The number of nitrogens with one attached hydrogen (secondary N) is 2. The van der Waals surface area contributed by atoms with E-state index in [0.717, 1.165) is 16.3 Å². The molecule has 0 atom stereocenters. The van der Waals surface area contributed by atoms with E-state index in [-0.39, 0.29) is 11.6 Å². The van der Waals surface area contributed by atoms with Gasteiger partial charge in [-0.2, -0.15) is 5.10 Å². The van der Waals surface area contributed by atoms with Crippen LogP contribution in [-0.4, -0.2) is 24.6 Å². The largest absolute Gasteiger partial charge is 0.343 e. The van der Waals surface area contributed by atoms with E-state index in [1.165, 1.54) is 18.2 Å². The van der Waals surface area contributed by atoms with E-state index in [1.54, 1.807) is 6.21 Å². The molecule has 3 rings (SSSR count). The molecule has 0 aliphatic rings. The molecule has 0 fully saturated rings. The summed E-state index contributed by atoms with van der Waals surface area (Å²) in [6.07, 6.45) is 1.57. The van der Waals surface area contributed by atoms with Gasteiger partial charge < -0.3 is 5.32 Å². The van der Waals surface area contributed by atoms with Crippen LogP contribution >= 0.6 is 23.2 Å². The van der Waals surface area contributed by atoms with E-state index in [9.17, 15) is 9.59 Å². The quantitative estimate of drug-likeness (QED) is 0.502. The minimum atomic E-state index is -0.445. The molecule has 7 heteroatoms. The Kier molecular flexibility index (Phi) is 6.06. The predicted octanol–water partition coefficient (Wildman–Crippen LogP) is 4.03. The van der Waals surface area contributed by atoms with Crippen LogP contribution in [-0.2, 0) is 4.79 Å². The Morgan fingerprint density at radius 3 is 2.56 bits per heavy atom. The van der Waals surface area contributed by atoms with Crippen molar-refractivity contribution in [2.45, 2.75) is 0 Å². The van der Waals surface area contributed by atoms with Gasteiger partial charge in [-0.1, -0.05) is 65.7 Å². The number of amides is 2. The zero-order chi connectivity index (χ0) is 19.2. The van der Waals surface area contributed by atoms with Crippen LogP contribution in [0.2, 0.25) is 10.0 Å². The van der Waals surface area contributed by atoms with Gasteiger partial charge in [-0.25, -0.2) is 5.43 Å². The smallest absolute Gasteiger partial charge is 0.259 e. The molecule has 0 spiro atoms. The SMILES string of the molecule is O=C(CNC(=O)c1ccc(Cl)c(Cl)c1)N/N=C/c1cccc2ccccc12. The molecular formula is C20H15Cl2N3O2. The number of hydrazone groups is 1. The lowest BCUT2D eigenvalue weighted by atomic mass is 10.1. The second kappa shape index (κ2) is 8.66. The molecule has 3 aromatic rings. The maximum Gasteiger partial charge on any atom is 0.259 e. The first-order chi connectivity index (χ1) is 13.0. The third kappa shape index (κ3) is 4.84. The molecule has 0 radical (unpaired) electrons. The first-order valence-corrected chi connectivity index (χ1v) is 8.83. The minimum absolute atomic E-state index is 0.216. The molecule has 0 aromatic heterocycles. The van der Waals surface area contributed by atoms with Crippen LogP contribution < -0.4 is 10.7 Å². The van der Waals surface area contributed by atoms with Gasteiger partial charge in [0.2, 0.25) is 0 Å². The fourth-order valence-corrected chi connectivity index (χ4v) is 2.77. The lowest BCUT2D eigenvalue weighted by Crippen LogP contribution is -2.34. The third-order valence-electron chi connectivity index (χ3n) is 3.81. The Hall–Kier alpha value is -2.89. The Morgan fingerprint density at radius 1 is 0.963 bits per heavy atom. The van der Waals surface area contributed by atoms with Crippen molar-refractivity contribution < 1.29 is 9.59 Å². The predicted molar refractivity (Wildman–Crippen MR) is 108 cm³/mol. The Bertz CT molecular complexity index is 1030. The fourth-order valence-electron chi connectivity index (χ4n) is 2.48. The van der Waals surface area contributed by atoms with Gasteiger partial charge in [-0.3, -0.25) is 9.59 Å². The summed E-state index contributed by atoms with van der Waals surface area (Å²) in [6.45, 7) is -0.216. The summed E-state index contributed by atoms with van der Waals surface area (Å²) >= 11 is 11.7. The number of rotatable bonds is 5. The molecular weight excluding hydrogens is 385 g/mol. The average Bonchev–Trinajstić information content (AvgIpc) is 2.68. The molecule has 0 aliphatic carbocycles. The van der Waals surface area contributed by atoms with Crippen LogP contribution in [0, 0.1) is 0 Å². The van der Waals surface area contributed by atoms with E-state index in [4.69, 9.17) is 23.2 Å². The van der Waals surface area contributed by atoms with Crippen molar-refractivity contribution in [1.82, 2.24) is 10.7 Å². The molecule has 0 heterocycles. The molecule has 0 saturated carbocycles. The van der Waals surface area contributed by atoms with Crippen molar-refractivity contribution in [3.05, 3.63) is 81.8 Å². The van der Waals surface area contributed by atoms with Gasteiger partial charge in [0.1, 0.15) is 0 Å². The number of carbonyl (C=O) groups excluding carboxylic acids is 2. The normalized spacial score (nSPS) is 10.9. The Labute approximate surface area is 166 Å². The molecule has 136 valence electrons. The van der Waals surface area contributed by atoms with Gasteiger partial charge >= 0.3 is 0 Å². The van der Waals surface area contributed by atoms with Crippen LogP contribution in [0.15, 0.2) is 65.8 Å². The highest BCUT2D eigenvalue weighted by atomic mass is 35.5. The van der Waals surface area contributed by atoms with Gasteiger partial charge in [-0.15, -0.1) is 0 Å². The van der Waals surface area contributed by atoms with Crippen molar-refractivity contribution in [3.63, 3.8) is 0 Å². The highest BCUT2D eigenvalue weighted by molar-refractivity contribution is 6.42. The molecule has 0 bridgehead atoms. The number of benzene rings is 3. The highest BCUT2D eigenvalue weighted by Gasteiger charge is 2.09. The molecule has 0 aliphatic heterocycles. The summed E-state index contributed by atoms with van der Waals surface area (Å²) in [4.78, 5) is 23.9. The first-order valence-electron chi connectivity index (χ1n) is 8.07. The number of hydrogen-bond acceptors (Lipinski definition) is 3. The van der Waals surface area contributed by atoms with Crippen LogP contribution in [0.5, 0.6) is 0 Å². The maximum absolute atomic E-state index is 12.0. The number of carbonyl (C=O) groups is 2. The standard InChI is InChI=1S/C20H15Cl2N3O2/c21-17-9-8-14(10-18(17)22)20(27)23-12-19(26)25-24-11-15-6-3-5-13-4-1-2-7-16(13)15/h1-11H,12H2,(H,23,27)(H,25,26)/b24-11+. The first kappa shape index (κ1) is 18.9. The molecule has 2 N–H and O–H groups in total. The summed E-state index contributed by atoms with van der Waals surface area (Å²) in [5.41, 5.74) is 3.59. The van der Waals surface area contributed by atoms with E-state index in [1.807, 2.05) is 42.5 Å². The molecule has 2 amide bonds.